The van der Waals surface area contributed by atoms with Crippen molar-refractivity contribution in [1.29, 1.82) is 0 Å². The number of hydrogen-bond acceptors (Lipinski definition) is 9. The fraction of sp³-hybridized carbons (Fsp3) is 0.962. The molecule has 0 bridgehead atoms. The van der Waals surface area contributed by atoms with Crippen LogP contribution < -0.4 is 5.32 Å². The Morgan fingerprint density at radius 3 is 1.33 bits per heavy atom. The van der Waals surface area contributed by atoms with Crippen molar-refractivity contribution in [3.05, 3.63) is 0 Å². The molecule has 2 unspecified atom stereocenters. The highest BCUT2D eigenvalue weighted by Gasteiger charge is 2.56. The first-order valence-corrected chi connectivity index (χ1v) is 41.3. The molecule has 1 amide bonds. The molecule has 0 aromatic rings. The van der Waals surface area contributed by atoms with E-state index in [0.29, 0.717) is 19.4 Å². The second kappa shape index (κ2) is 24.6. The second-order valence-corrected chi connectivity index (χ2v) is 52.5. The van der Waals surface area contributed by atoms with E-state index in [2.05, 4.69) is 202 Å². The molecule has 1 saturated heterocycles. The Balaban J connectivity index is 3.95. The molecule has 1 heterocycles. The van der Waals surface area contributed by atoms with Gasteiger partial charge in [0.25, 0.3) is 0 Å². The number of hydrogen-bond donors (Lipinski definition) is 2. The predicted octanol–water partition coefficient (Wildman–Crippen LogP) is 14.9. The maximum Gasteiger partial charge on any atom is 0.305 e. The van der Waals surface area contributed by atoms with Gasteiger partial charge < -0.3 is 42.0 Å². The Morgan fingerprint density at radius 2 is 0.957 bits per heavy atom. The van der Waals surface area contributed by atoms with Crippen LogP contribution in [0.5, 0.6) is 0 Å². The van der Waals surface area contributed by atoms with Crippen molar-refractivity contribution in [2.75, 3.05) is 6.61 Å². The summed E-state index contributed by atoms with van der Waals surface area (Å²) in [6.07, 6.45) is -0.837. The quantitative estimate of drug-likeness (QED) is 0.0807. The number of carboxylic acid groups (broad SMARTS) is 1. The number of rotatable bonds is 26. The van der Waals surface area contributed by atoms with E-state index in [1.165, 1.54) is 0 Å². The number of carbonyl (C=O) groups excluding carboxylic acids is 1. The van der Waals surface area contributed by atoms with Gasteiger partial charge in [-0.15, -0.1) is 0 Å². The molecule has 69 heavy (non-hydrogen) atoms. The Morgan fingerprint density at radius 1 is 0.565 bits per heavy atom. The molecular weight excluding hydrogens is 951 g/mol. The minimum Gasteiger partial charge on any atom is -0.481 e. The topological polar surface area (TPSA) is 131 Å². The number of carboxylic acids is 1. The SMILES string of the molecule is CC[C@H](C)[C@H](C[C@@H](CC(=O)O)O[Si](C)(C)C(C)(C)C)NC(=O)C[C@H](C[C@H](O[C@@H]1O[C@H](CO[Si](C)(C)C(C)(C)C)C(O[Si](C)(C)C(C)(C)C)C1O[Si](C)(C)C(C)(C)C)[C@@H](C)CC)O[Si](C)(C)C(C)(C)C. The molecule has 0 radical (unpaired) electrons. The Labute approximate surface area is 431 Å². The highest BCUT2D eigenvalue weighted by atomic mass is 28.4. The van der Waals surface area contributed by atoms with Crippen LogP contribution in [0, 0.1) is 11.8 Å². The summed E-state index contributed by atoms with van der Waals surface area (Å²) in [5.41, 5.74) is 0. The molecule has 11 nitrogen and oxygen atoms in total. The molecule has 410 valence electrons. The van der Waals surface area contributed by atoms with Crippen molar-refractivity contribution in [1.82, 2.24) is 5.32 Å². The molecule has 16 heteroatoms. The van der Waals surface area contributed by atoms with Crippen LogP contribution in [0.4, 0.5) is 0 Å². The van der Waals surface area contributed by atoms with Gasteiger partial charge in [-0.25, -0.2) is 0 Å². The van der Waals surface area contributed by atoms with Crippen LogP contribution in [0.1, 0.15) is 170 Å². The highest BCUT2D eigenvalue weighted by Crippen LogP contribution is 2.46. The van der Waals surface area contributed by atoms with Gasteiger partial charge in [0.05, 0.1) is 37.8 Å². The fourth-order valence-corrected chi connectivity index (χ4v) is 13.4. The van der Waals surface area contributed by atoms with E-state index in [1.807, 2.05) is 0 Å². The lowest BCUT2D eigenvalue weighted by atomic mass is 9.92. The van der Waals surface area contributed by atoms with E-state index in [-0.39, 0.29) is 67.9 Å². The number of amides is 1. The van der Waals surface area contributed by atoms with Crippen molar-refractivity contribution in [3.8, 4) is 0 Å². The first kappa shape index (κ1) is 66.8. The van der Waals surface area contributed by atoms with Crippen LogP contribution in [0.2, 0.25) is 90.7 Å². The Hall–Kier alpha value is -0.256. The molecule has 1 rings (SSSR count). The van der Waals surface area contributed by atoms with E-state index in [9.17, 15) is 14.7 Å². The first-order valence-electron chi connectivity index (χ1n) is 26.7. The van der Waals surface area contributed by atoms with Gasteiger partial charge in [-0.05, 0) is 115 Å². The van der Waals surface area contributed by atoms with Crippen LogP contribution in [0.15, 0.2) is 0 Å². The maximum atomic E-state index is 14.6. The van der Waals surface area contributed by atoms with Gasteiger partial charge in [0.15, 0.2) is 47.9 Å². The van der Waals surface area contributed by atoms with Crippen molar-refractivity contribution in [2.24, 2.45) is 11.8 Å². The van der Waals surface area contributed by atoms with Crippen molar-refractivity contribution >= 4 is 53.5 Å². The molecule has 1 aliphatic heterocycles. The third kappa shape index (κ3) is 19.4. The minimum absolute atomic E-state index is 0.00864. The lowest BCUT2D eigenvalue weighted by molar-refractivity contribution is -0.204. The molecule has 0 saturated carbocycles. The summed E-state index contributed by atoms with van der Waals surface area (Å²) in [4.78, 5) is 26.9. The summed E-state index contributed by atoms with van der Waals surface area (Å²) in [6, 6.07) is -0.282. The van der Waals surface area contributed by atoms with Crippen LogP contribution in [0.3, 0.4) is 0 Å². The van der Waals surface area contributed by atoms with E-state index in [4.69, 9.17) is 31.6 Å². The Kier molecular flexibility index (Phi) is 23.8. The minimum atomic E-state index is -2.43. The summed E-state index contributed by atoms with van der Waals surface area (Å²) >= 11 is 0. The zero-order valence-corrected chi connectivity index (χ0v) is 55.3. The Bertz CT molecular complexity index is 1610. The number of nitrogens with one attached hydrogen (secondary N) is 1. The monoisotopic (exact) mass is 1060 g/mol. The fourth-order valence-electron chi connectivity index (χ4n) is 7.06. The molecular formula is C53H113NO10Si5. The summed E-state index contributed by atoms with van der Waals surface area (Å²) in [5, 5.41) is 13.1. The maximum absolute atomic E-state index is 14.6. The lowest BCUT2D eigenvalue weighted by Crippen LogP contribution is -2.55. The largest absolute Gasteiger partial charge is 0.481 e. The molecule has 0 aliphatic carbocycles. The van der Waals surface area contributed by atoms with Gasteiger partial charge in [-0.2, -0.15) is 0 Å². The first-order chi connectivity index (χ1) is 30.6. The van der Waals surface area contributed by atoms with Crippen molar-refractivity contribution < 1.29 is 46.3 Å². The molecule has 1 fully saturated rings. The lowest BCUT2D eigenvalue weighted by Gasteiger charge is -2.44. The molecule has 0 spiro atoms. The zero-order chi connectivity index (χ0) is 54.5. The van der Waals surface area contributed by atoms with Gasteiger partial charge >= 0.3 is 5.97 Å². The van der Waals surface area contributed by atoms with Gasteiger partial charge in [0, 0.05) is 6.04 Å². The zero-order valence-electron chi connectivity index (χ0n) is 50.3. The van der Waals surface area contributed by atoms with Crippen LogP contribution in [-0.4, -0.2) is 114 Å². The van der Waals surface area contributed by atoms with Gasteiger partial charge in [0.1, 0.15) is 18.3 Å². The van der Waals surface area contributed by atoms with Crippen LogP contribution >= 0.6 is 0 Å². The normalized spacial score (nSPS) is 22.5. The average Bonchev–Trinajstić information content (AvgIpc) is 3.42. The van der Waals surface area contributed by atoms with Crippen molar-refractivity contribution in [2.45, 2.75) is 310 Å². The van der Waals surface area contributed by atoms with E-state index >= 15 is 0 Å². The predicted molar refractivity (Wildman–Crippen MR) is 302 cm³/mol. The van der Waals surface area contributed by atoms with Gasteiger partial charge in [0.2, 0.25) is 5.91 Å². The van der Waals surface area contributed by atoms with E-state index in [0.717, 1.165) is 12.8 Å². The molecule has 0 aromatic heterocycles. The van der Waals surface area contributed by atoms with Gasteiger partial charge in [-0.3, -0.25) is 9.59 Å². The molecule has 2 N–H and O–H groups in total. The smallest absolute Gasteiger partial charge is 0.305 e. The summed E-state index contributed by atoms with van der Waals surface area (Å²) in [6.45, 7) is 65.1. The summed E-state index contributed by atoms with van der Waals surface area (Å²) in [5.74, 6) is -0.829. The molecule has 10 atom stereocenters. The van der Waals surface area contributed by atoms with Crippen LogP contribution in [0.25, 0.3) is 0 Å². The molecule has 1 aliphatic rings. The average molecular weight is 1060 g/mol. The molecule has 0 aromatic carbocycles. The number of carbonyl (C=O) groups is 2. The van der Waals surface area contributed by atoms with Crippen LogP contribution in [-0.2, 0) is 41.2 Å². The summed E-state index contributed by atoms with van der Waals surface area (Å²) in [7, 11) is -11.7. The third-order valence-corrected chi connectivity index (χ3v) is 40.3. The highest BCUT2D eigenvalue weighted by molar-refractivity contribution is 6.75. The van der Waals surface area contributed by atoms with Crippen molar-refractivity contribution in [3.63, 3.8) is 0 Å². The second-order valence-electron chi connectivity index (χ2n) is 28.7. The van der Waals surface area contributed by atoms with Gasteiger partial charge in [-0.1, -0.05) is 144 Å². The van der Waals surface area contributed by atoms with E-state index in [1.54, 1.807) is 0 Å². The number of ether oxygens (including phenoxy) is 2. The standard InChI is InChI=1S/C53H113NO10Si5/c1-30-37(3)41(32-39(35-45(56)57)61-66(22,23)50(8,9)10)54-44(55)34-40(62-67(24,25)51(11,12)13)33-42(38(4)31-2)59-48-47(64-69(28,29)53(17,18)19)46(63-68(26,27)52(14,15)16)43(60-48)36-58-65(20,21)49(5,6)7/h37-43,46-48H,30-36H2,1-29H3,(H,54,55)(H,56,57)/t37-,38-,39-,40-,41-,42-,43+,46?,47?,48+/m0/s1. The third-order valence-electron chi connectivity index (χ3n) is 17.8. The number of aliphatic carboxylic acids is 1. The summed E-state index contributed by atoms with van der Waals surface area (Å²) < 4.78 is 50.5. The van der Waals surface area contributed by atoms with E-state index < -0.39 is 84.4 Å².